The number of amides is 1. The van der Waals surface area contributed by atoms with E-state index in [4.69, 9.17) is 23.2 Å². The number of carbonyl (C=O) groups is 1. The standard InChI is InChI=1S/C15H13Cl2FN2O3S/c1-24(22,23)20(12-6-7-13(16)14(17)8-12)9-15(21)19-11-4-2-10(18)3-5-11/h2-8H,9H2,1H3,(H,19,21). The number of rotatable bonds is 5. The number of halogens is 3. The van der Waals surface area contributed by atoms with Crippen molar-refractivity contribution in [3.05, 3.63) is 58.3 Å². The number of nitrogens with one attached hydrogen (secondary N) is 1. The van der Waals surface area contributed by atoms with Crippen LogP contribution in [-0.2, 0) is 14.8 Å². The molecule has 24 heavy (non-hydrogen) atoms. The van der Waals surface area contributed by atoms with Crippen molar-refractivity contribution in [2.75, 3.05) is 22.4 Å². The molecule has 128 valence electrons. The van der Waals surface area contributed by atoms with Gasteiger partial charge >= 0.3 is 0 Å². The fourth-order valence-electron chi connectivity index (χ4n) is 1.90. The van der Waals surface area contributed by atoms with Crippen molar-refractivity contribution in [1.29, 1.82) is 0 Å². The number of hydrogen-bond donors (Lipinski definition) is 1. The molecule has 0 aliphatic carbocycles. The Hall–Kier alpha value is -1.83. The second-order valence-corrected chi connectivity index (χ2v) is 7.64. The maximum Gasteiger partial charge on any atom is 0.245 e. The van der Waals surface area contributed by atoms with Crippen LogP contribution in [0, 0.1) is 5.82 Å². The molecule has 1 N–H and O–H groups in total. The zero-order valence-electron chi connectivity index (χ0n) is 12.5. The molecule has 0 heterocycles. The van der Waals surface area contributed by atoms with E-state index in [0.717, 1.165) is 10.6 Å². The van der Waals surface area contributed by atoms with Crippen LogP contribution in [-0.4, -0.2) is 27.1 Å². The van der Waals surface area contributed by atoms with Crippen LogP contribution in [0.5, 0.6) is 0 Å². The van der Waals surface area contributed by atoms with Crippen molar-refractivity contribution in [3.63, 3.8) is 0 Å². The Kier molecular flexibility index (Phi) is 5.69. The molecule has 0 aliphatic rings. The van der Waals surface area contributed by atoms with Crippen molar-refractivity contribution >= 4 is 50.5 Å². The summed E-state index contributed by atoms with van der Waals surface area (Å²) in [6, 6.07) is 9.35. The fourth-order valence-corrected chi connectivity index (χ4v) is 3.04. The molecule has 0 aromatic heterocycles. The molecule has 9 heteroatoms. The van der Waals surface area contributed by atoms with Gasteiger partial charge in [0.2, 0.25) is 15.9 Å². The van der Waals surface area contributed by atoms with E-state index in [1.165, 1.54) is 42.5 Å². The summed E-state index contributed by atoms with van der Waals surface area (Å²) in [4.78, 5) is 12.1. The van der Waals surface area contributed by atoms with Crippen LogP contribution in [0.15, 0.2) is 42.5 Å². The maximum atomic E-state index is 12.9. The van der Waals surface area contributed by atoms with Crippen LogP contribution in [0.4, 0.5) is 15.8 Å². The van der Waals surface area contributed by atoms with E-state index in [2.05, 4.69) is 5.32 Å². The summed E-state index contributed by atoms with van der Waals surface area (Å²) in [5.74, 6) is -1.03. The Balaban J connectivity index is 2.21. The van der Waals surface area contributed by atoms with E-state index in [0.29, 0.717) is 5.69 Å². The van der Waals surface area contributed by atoms with Crippen molar-refractivity contribution in [2.24, 2.45) is 0 Å². The van der Waals surface area contributed by atoms with E-state index in [9.17, 15) is 17.6 Å². The van der Waals surface area contributed by atoms with Crippen LogP contribution >= 0.6 is 23.2 Å². The number of carbonyl (C=O) groups excluding carboxylic acids is 1. The lowest BCUT2D eigenvalue weighted by atomic mass is 10.3. The highest BCUT2D eigenvalue weighted by Crippen LogP contribution is 2.28. The van der Waals surface area contributed by atoms with Crippen molar-refractivity contribution in [2.45, 2.75) is 0 Å². The Morgan fingerprint density at radius 1 is 1.12 bits per heavy atom. The summed E-state index contributed by atoms with van der Waals surface area (Å²) in [5, 5.41) is 2.93. The first-order valence-electron chi connectivity index (χ1n) is 6.65. The molecule has 0 saturated heterocycles. The summed E-state index contributed by atoms with van der Waals surface area (Å²) in [5.41, 5.74) is 0.560. The topological polar surface area (TPSA) is 66.5 Å². The number of sulfonamides is 1. The molecule has 0 radical (unpaired) electrons. The first-order chi connectivity index (χ1) is 11.2. The van der Waals surface area contributed by atoms with Gasteiger partial charge in [0.15, 0.2) is 0 Å². The quantitative estimate of drug-likeness (QED) is 0.848. The Labute approximate surface area is 149 Å². The highest BCUT2D eigenvalue weighted by molar-refractivity contribution is 7.92. The summed E-state index contributed by atoms with van der Waals surface area (Å²) in [6.45, 7) is -0.464. The number of anilines is 2. The van der Waals surface area contributed by atoms with Gasteiger partial charge in [-0.1, -0.05) is 23.2 Å². The largest absolute Gasteiger partial charge is 0.325 e. The van der Waals surface area contributed by atoms with Gasteiger partial charge in [0.05, 0.1) is 22.0 Å². The molecule has 2 rings (SSSR count). The average Bonchev–Trinajstić information content (AvgIpc) is 2.49. The summed E-state index contributed by atoms with van der Waals surface area (Å²) in [6.07, 6.45) is 0.973. The molecule has 1 amide bonds. The molecule has 0 aliphatic heterocycles. The van der Waals surface area contributed by atoms with Crippen LogP contribution in [0.2, 0.25) is 10.0 Å². The molecule has 2 aromatic rings. The molecular weight excluding hydrogens is 378 g/mol. The zero-order valence-corrected chi connectivity index (χ0v) is 14.8. The second kappa shape index (κ2) is 7.38. The number of nitrogens with zero attached hydrogens (tertiary/aromatic N) is 1. The van der Waals surface area contributed by atoms with Crippen molar-refractivity contribution in [3.8, 4) is 0 Å². The third-order valence-electron chi connectivity index (χ3n) is 3.01. The van der Waals surface area contributed by atoms with E-state index in [1.54, 1.807) is 0 Å². The monoisotopic (exact) mass is 390 g/mol. The lowest BCUT2D eigenvalue weighted by Crippen LogP contribution is -2.37. The minimum atomic E-state index is -3.73. The molecule has 2 aromatic carbocycles. The smallest absolute Gasteiger partial charge is 0.245 e. The second-order valence-electron chi connectivity index (χ2n) is 4.92. The van der Waals surface area contributed by atoms with Gasteiger partial charge in [-0.3, -0.25) is 9.10 Å². The molecule has 0 bridgehead atoms. The Morgan fingerprint density at radius 2 is 1.75 bits per heavy atom. The third-order valence-corrected chi connectivity index (χ3v) is 4.89. The highest BCUT2D eigenvalue weighted by Gasteiger charge is 2.21. The Morgan fingerprint density at radius 3 is 2.29 bits per heavy atom. The molecule has 0 atom stereocenters. The predicted octanol–water partition coefficient (Wildman–Crippen LogP) is 3.54. The number of hydrogen-bond acceptors (Lipinski definition) is 3. The van der Waals surface area contributed by atoms with Crippen LogP contribution in [0.1, 0.15) is 0 Å². The van der Waals surface area contributed by atoms with Gasteiger partial charge in [0.25, 0.3) is 0 Å². The van der Waals surface area contributed by atoms with E-state index in [-0.39, 0.29) is 15.7 Å². The van der Waals surface area contributed by atoms with Gasteiger partial charge < -0.3 is 5.32 Å². The van der Waals surface area contributed by atoms with Gasteiger partial charge in [-0.15, -0.1) is 0 Å². The maximum absolute atomic E-state index is 12.9. The third kappa shape index (κ3) is 4.83. The van der Waals surface area contributed by atoms with Crippen molar-refractivity contribution in [1.82, 2.24) is 0 Å². The lowest BCUT2D eigenvalue weighted by molar-refractivity contribution is -0.114. The number of benzene rings is 2. The molecular formula is C15H13Cl2FN2O3S. The van der Waals surface area contributed by atoms with Crippen LogP contribution < -0.4 is 9.62 Å². The molecule has 0 saturated carbocycles. The average molecular weight is 391 g/mol. The van der Waals surface area contributed by atoms with Crippen LogP contribution in [0.25, 0.3) is 0 Å². The van der Waals surface area contributed by atoms with Gasteiger partial charge in [-0.25, -0.2) is 12.8 Å². The minimum Gasteiger partial charge on any atom is -0.325 e. The van der Waals surface area contributed by atoms with Crippen molar-refractivity contribution < 1.29 is 17.6 Å². The minimum absolute atomic E-state index is 0.168. The molecule has 0 unspecified atom stereocenters. The molecule has 0 spiro atoms. The summed E-state index contributed by atoms with van der Waals surface area (Å²) < 4.78 is 37.7. The zero-order chi connectivity index (χ0) is 17.9. The first-order valence-corrected chi connectivity index (χ1v) is 9.25. The van der Waals surface area contributed by atoms with Gasteiger partial charge in [-0.2, -0.15) is 0 Å². The van der Waals surface area contributed by atoms with E-state index < -0.39 is 28.3 Å². The highest BCUT2D eigenvalue weighted by atomic mass is 35.5. The van der Waals surface area contributed by atoms with Gasteiger partial charge in [0.1, 0.15) is 12.4 Å². The molecule has 0 fully saturated rings. The normalized spacial score (nSPS) is 11.2. The lowest BCUT2D eigenvalue weighted by Gasteiger charge is -2.22. The summed E-state index contributed by atoms with van der Waals surface area (Å²) >= 11 is 11.7. The summed E-state index contributed by atoms with van der Waals surface area (Å²) in [7, 11) is -3.73. The van der Waals surface area contributed by atoms with E-state index in [1.807, 2.05) is 0 Å². The SMILES string of the molecule is CS(=O)(=O)N(CC(=O)Nc1ccc(F)cc1)c1ccc(Cl)c(Cl)c1. The van der Waals surface area contributed by atoms with Crippen LogP contribution in [0.3, 0.4) is 0 Å². The van der Waals surface area contributed by atoms with Gasteiger partial charge in [-0.05, 0) is 42.5 Å². The van der Waals surface area contributed by atoms with E-state index >= 15 is 0 Å². The fraction of sp³-hybridized carbons (Fsp3) is 0.133. The first kappa shape index (κ1) is 18.5. The molecule has 5 nitrogen and oxygen atoms in total. The van der Waals surface area contributed by atoms with Gasteiger partial charge in [0, 0.05) is 5.69 Å². The Bertz CT molecular complexity index is 858. The predicted molar refractivity (Wildman–Crippen MR) is 93.7 cm³/mol.